The van der Waals surface area contributed by atoms with Gasteiger partial charge in [0.2, 0.25) is 0 Å². The minimum absolute atomic E-state index is 0.129. The first-order chi connectivity index (χ1) is 13.2. The fourth-order valence-corrected chi connectivity index (χ4v) is 6.69. The van der Waals surface area contributed by atoms with E-state index in [1.165, 1.54) is 4.90 Å². The van der Waals surface area contributed by atoms with Crippen molar-refractivity contribution in [3.63, 3.8) is 0 Å². The van der Waals surface area contributed by atoms with Crippen molar-refractivity contribution in [2.45, 2.75) is 6.10 Å². The van der Waals surface area contributed by atoms with E-state index in [0.29, 0.717) is 22.0 Å². The zero-order chi connectivity index (χ0) is 21.4. The van der Waals surface area contributed by atoms with Crippen LogP contribution < -0.4 is 10.6 Å². The van der Waals surface area contributed by atoms with Crippen LogP contribution in [0.3, 0.4) is 0 Å². The van der Waals surface area contributed by atoms with Crippen molar-refractivity contribution < 1.29 is 30.0 Å². The lowest BCUT2D eigenvalue weighted by molar-refractivity contribution is 0.0764. The number of hydrogen-bond donors (Lipinski definition) is 6. The molecule has 0 bridgehead atoms. The Morgan fingerprint density at radius 2 is 1.64 bits per heavy atom. The van der Waals surface area contributed by atoms with Crippen LogP contribution in [-0.4, -0.2) is 89.7 Å². The fraction of sp³-hybridized carbons (Fsp3) is 0.500. The monoisotopic (exact) mass is 733 g/mol. The highest BCUT2D eigenvalue weighted by Crippen LogP contribution is 2.36. The second-order valence-corrected chi connectivity index (χ2v) is 8.95. The highest BCUT2D eigenvalue weighted by Gasteiger charge is 2.29. The van der Waals surface area contributed by atoms with Crippen LogP contribution in [0.4, 0.5) is 5.69 Å². The number of rotatable bonds is 10. The van der Waals surface area contributed by atoms with Gasteiger partial charge < -0.3 is 36.0 Å². The Balaban J connectivity index is 3.50. The highest BCUT2D eigenvalue weighted by molar-refractivity contribution is 14.1. The van der Waals surface area contributed by atoms with Crippen molar-refractivity contribution in [2.75, 3.05) is 51.8 Å². The van der Waals surface area contributed by atoms with Gasteiger partial charge in [-0.05, 0) is 67.8 Å². The number of halogens is 3. The number of carbonyl (C=O) groups excluding carboxylic acids is 2. The van der Waals surface area contributed by atoms with Gasteiger partial charge in [-0.1, -0.05) is 0 Å². The Hall–Kier alpha value is -0.0100. The highest BCUT2D eigenvalue weighted by atomic mass is 127. The zero-order valence-electron chi connectivity index (χ0n) is 15.0. The largest absolute Gasteiger partial charge is 0.395 e. The Kier molecular flexibility index (Phi) is 11.7. The van der Waals surface area contributed by atoms with Gasteiger partial charge in [0.1, 0.15) is 0 Å². The van der Waals surface area contributed by atoms with Gasteiger partial charge in [-0.15, -0.1) is 0 Å². The molecule has 0 fully saturated rings. The number of aliphatic hydroxyl groups is 4. The van der Waals surface area contributed by atoms with E-state index >= 15 is 0 Å². The number of aliphatic hydroxyl groups excluding tert-OH is 4. The lowest BCUT2D eigenvalue weighted by Crippen LogP contribution is -2.36. The van der Waals surface area contributed by atoms with Crippen LogP contribution in [0.1, 0.15) is 20.7 Å². The summed E-state index contributed by atoms with van der Waals surface area (Å²) in [5, 5.41) is 42.3. The topological polar surface area (TPSA) is 142 Å². The van der Waals surface area contributed by atoms with Crippen LogP contribution in [-0.2, 0) is 0 Å². The van der Waals surface area contributed by atoms with Gasteiger partial charge in [0.15, 0.2) is 0 Å². The third-order valence-electron chi connectivity index (χ3n) is 3.66. The normalized spacial score (nSPS) is 11.9. The maximum absolute atomic E-state index is 12.9. The van der Waals surface area contributed by atoms with E-state index in [4.69, 9.17) is 15.3 Å². The fourth-order valence-electron chi connectivity index (χ4n) is 2.19. The Labute approximate surface area is 203 Å². The molecule has 0 heterocycles. The van der Waals surface area contributed by atoms with Crippen LogP contribution in [0.15, 0.2) is 0 Å². The predicted molar refractivity (Wildman–Crippen MR) is 130 cm³/mol. The van der Waals surface area contributed by atoms with Crippen LogP contribution >= 0.6 is 67.8 Å². The second kappa shape index (κ2) is 12.6. The van der Waals surface area contributed by atoms with E-state index in [0.717, 1.165) is 0 Å². The van der Waals surface area contributed by atoms with Gasteiger partial charge in [-0.25, -0.2) is 0 Å². The van der Waals surface area contributed by atoms with Gasteiger partial charge in [-0.2, -0.15) is 0 Å². The SMILES string of the molecule is CN(CCO)C(=O)c1c(I)c(NCCO)c(I)c(C(=O)NCC(O)CO)c1I. The number of carbonyl (C=O) groups is 2. The molecule has 6 N–H and O–H groups in total. The van der Waals surface area contributed by atoms with Crippen molar-refractivity contribution in [2.24, 2.45) is 0 Å². The molecule has 0 aliphatic carbocycles. The zero-order valence-corrected chi connectivity index (χ0v) is 21.5. The van der Waals surface area contributed by atoms with Crippen molar-refractivity contribution >= 4 is 85.3 Å². The molecule has 1 rings (SSSR count). The molecule has 0 radical (unpaired) electrons. The summed E-state index contributed by atoms with van der Waals surface area (Å²) < 4.78 is 1.60. The maximum atomic E-state index is 12.9. The minimum Gasteiger partial charge on any atom is -0.395 e. The van der Waals surface area contributed by atoms with Gasteiger partial charge in [0.05, 0.1) is 49.9 Å². The Morgan fingerprint density at radius 1 is 1.04 bits per heavy atom. The number of amides is 2. The van der Waals surface area contributed by atoms with E-state index in [2.05, 4.69) is 10.6 Å². The van der Waals surface area contributed by atoms with Gasteiger partial charge in [-0.3, -0.25) is 9.59 Å². The van der Waals surface area contributed by atoms with E-state index in [-0.39, 0.29) is 44.3 Å². The molecule has 28 heavy (non-hydrogen) atoms. The average Bonchev–Trinajstić information content (AvgIpc) is 2.65. The quantitative estimate of drug-likeness (QED) is 0.187. The van der Waals surface area contributed by atoms with Gasteiger partial charge >= 0.3 is 0 Å². The number of nitrogens with zero attached hydrogens (tertiary/aromatic N) is 1. The molecule has 0 saturated carbocycles. The van der Waals surface area contributed by atoms with E-state index in [1.807, 2.05) is 67.8 Å². The molecule has 1 aromatic rings. The van der Waals surface area contributed by atoms with Crippen LogP contribution in [0.25, 0.3) is 0 Å². The molecule has 0 aromatic heterocycles. The molecule has 1 unspecified atom stereocenters. The van der Waals surface area contributed by atoms with Crippen molar-refractivity contribution in [3.05, 3.63) is 21.8 Å². The molecule has 0 aliphatic rings. The molecule has 1 aromatic carbocycles. The first-order valence-electron chi connectivity index (χ1n) is 8.19. The van der Waals surface area contributed by atoms with Crippen LogP contribution in [0.5, 0.6) is 0 Å². The molecular formula is C16H22I3N3O6. The van der Waals surface area contributed by atoms with E-state index in [9.17, 15) is 14.7 Å². The molecule has 1 atom stereocenters. The summed E-state index contributed by atoms with van der Waals surface area (Å²) in [6.07, 6.45) is -1.09. The number of likely N-dealkylation sites (N-methyl/N-ethyl adjacent to an activating group) is 1. The van der Waals surface area contributed by atoms with Crippen molar-refractivity contribution in [1.82, 2.24) is 10.2 Å². The van der Waals surface area contributed by atoms with Crippen molar-refractivity contribution in [3.8, 4) is 0 Å². The first kappa shape index (κ1) is 26.0. The number of nitrogens with one attached hydrogen (secondary N) is 2. The molecule has 0 aliphatic heterocycles. The third kappa shape index (κ3) is 6.49. The summed E-state index contributed by atoms with van der Waals surface area (Å²) in [5.41, 5.74) is 1.11. The van der Waals surface area contributed by atoms with Crippen LogP contribution in [0, 0.1) is 10.7 Å². The Bertz CT molecular complexity index is 720. The summed E-state index contributed by atoms with van der Waals surface area (Å²) in [7, 11) is 1.56. The number of benzene rings is 1. The molecule has 0 spiro atoms. The summed E-state index contributed by atoms with van der Waals surface area (Å²) >= 11 is 5.95. The lowest BCUT2D eigenvalue weighted by Gasteiger charge is -2.23. The molecule has 0 saturated heterocycles. The van der Waals surface area contributed by atoms with Gasteiger partial charge in [0, 0.05) is 30.3 Å². The summed E-state index contributed by atoms with van der Waals surface area (Å²) in [5.74, 6) is -0.848. The Morgan fingerprint density at radius 3 is 2.18 bits per heavy atom. The molecule has 9 nitrogen and oxygen atoms in total. The molecular weight excluding hydrogens is 711 g/mol. The van der Waals surface area contributed by atoms with Crippen LogP contribution in [0.2, 0.25) is 0 Å². The molecule has 12 heteroatoms. The van der Waals surface area contributed by atoms with E-state index in [1.54, 1.807) is 7.05 Å². The summed E-state index contributed by atoms with van der Waals surface area (Å²) in [6, 6.07) is 0. The number of anilines is 1. The van der Waals surface area contributed by atoms with Crippen molar-refractivity contribution in [1.29, 1.82) is 0 Å². The summed E-state index contributed by atoms with van der Waals surface area (Å²) in [6.45, 7) is -0.573. The van der Waals surface area contributed by atoms with Gasteiger partial charge in [0.25, 0.3) is 11.8 Å². The third-order valence-corrected chi connectivity index (χ3v) is 6.90. The second-order valence-electron chi connectivity index (χ2n) is 5.71. The summed E-state index contributed by atoms with van der Waals surface area (Å²) in [4.78, 5) is 27.0. The molecule has 158 valence electrons. The first-order valence-corrected chi connectivity index (χ1v) is 11.4. The molecule has 2 amide bonds. The minimum atomic E-state index is -1.09. The van der Waals surface area contributed by atoms with E-state index < -0.39 is 18.6 Å². The predicted octanol–water partition coefficient (Wildman–Crippen LogP) is 0.0519. The number of hydrogen-bond acceptors (Lipinski definition) is 7. The smallest absolute Gasteiger partial charge is 0.255 e. The lowest BCUT2D eigenvalue weighted by atomic mass is 10.1. The average molecular weight is 733 g/mol. The maximum Gasteiger partial charge on any atom is 0.255 e. The standard InChI is InChI=1S/C16H22I3N3O6/c1-22(3-5-24)16(28)10-11(17)9(15(27)21-6-8(26)7-25)12(18)14(13(10)19)20-2-4-23/h8,20,23-26H,2-7H2,1H3,(H,21,27).